The van der Waals surface area contributed by atoms with Crippen LogP contribution in [-0.4, -0.2) is 21.1 Å². The first-order valence-electron chi connectivity index (χ1n) is 11.0. The van der Waals surface area contributed by atoms with Crippen LogP contribution in [0.5, 0.6) is 11.5 Å². The van der Waals surface area contributed by atoms with Gasteiger partial charge in [0.1, 0.15) is 25.2 Å². The first-order chi connectivity index (χ1) is 14.2. The van der Waals surface area contributed by atoms with Gasteiger partial charge < -0.3 is 14.0 Å². The van der Waals surface area contributed by atoms with Crippen LogP contribution >= 0.6 is 15.1 Å². The maximum atomic E-state index is 14.9. The van der Waals surface area contributed by atoms with Crippen LogP contribution in [-0.2, 0) is 11.2 Å². The zero-order valence-electron chi connectivity index (χ0n) is 20.5. The van der Waals surface area contributed by atoms with Gasteiger partial charge in [-0.2, -0.15) is 0 Å². The molecule has 5 heteroatoms. The van der Waals surface area contributed by atoms with Crippen molar-refractivity contribution in [3.63, 3.8) is 0 Å². The van der Waals surface area contributed by atoms with Crippen LogP contribution in [0.4, 0.5) is 0 Å². The molecule has 0 radical (unpaired) electrons. The SMILES string of the molecule is CC(C)(C)[P@@]1c2c(OCc3ccccc3)cccc2O[C@@H]1P(=O)(C(C)(C)C)C(C)(C)C. The second kappa shape index (κ2) is 8.24. The van der Waals surface area contributed by atoms with Gasteiger partial charge in [-0.1, -0.05) is 98.7 Å². The molecule has 2 aromatic rings. The van der Waals surface area contributed by atoms with Crippen LogP contribution in [0.15, 0.2) is 48.5 Å². The van der Waals surface area contributed by atoms with Crippen molar-refractivity contribution < 1.29 is 14.0 Å². The number of ether oxygens (including phenoxy) is 2. The van der Waals surface area contributed by atoms with E-state index in [1.54, 1.807) is 0 Å². The summed E-state index contributed by atoms with van der Waals surface area (Å²) in [6.45, 7) is 19.9. The summed E-state index contributed by atoms with van der Waals surface area (Å²) in [6.07, 6.45) is 0. The first kappa shape index (κ1) is 24.3. The number of fused-ring (bicyclic) bond motifs is 1. The van der Waals surface area contributed by atoms with E-state index < -0.39 is 15.1 Å². The minimum Gasteiger partial charge on any atom is -0.488 e. The van der Waals surface area contributed by atoms with Crippen molar-refractivity contribution in [2.75, 3.05) is 0 Å². The van der Waals surface area contributed by atoms with Crippen LogP contribution < -0.4 is 14.8 Å². The Labute approximate surface area is 190 Å². The van der Waals surface area contributed by atoms with Crippen molar-refractivity contribution in [3.05, 3.63) is 54.1 Å². The maximum Gasteiger partial charge on any atom is 0.174 e. The molecule has 1 heterocycles. The smallest absolute Gasteiger partial charge is 0.174 e. The largest absolute Gasteiger partial charge is 0.488 e. The predicted octanol–water partition coefficient (Wildman–Crippen LogP) is 7.81. The molecule has 0 fully saturated rings. The van der Waals surface area contributed by atoms with Crippen molar-refractivity contribution in [2.45, 2.75) is 90.0 Å². The summed E-state index contributed by atoms with van der Waals surface area (Å²) >= 11 is 0. The Morgan fingerprint density at radius 2 is 1.45 bits per heavy atom. The number of benzene rings is 2. The highest BCUT2D eigenvalue weighted by molar-refractivity contribution is 7.84. The van der Waals surface area contributed by atoms with Gasteiger partial charge in [0.2, 0.25) is 0 Å². The van der Waals surface area contributed by atoms with Crippen molar-refractivity contribution >= 4 is 20.4 Å². The molecule has 31 heavy (non-hydrogen) atoms. The van der Waals surface area contributed by atoms with Gasteiger partial charge in [-0.15, -0.1) is 0 Å². The Morgan fingerprint density at radius 3 is 1.97 bits per heavy atom. The third kappa shape index (κ3) is 4.46. The fourth-order valence-corrected chi connectivity index (χ4v) is 15.4. The van der Waals surface area contributed by atoms with Crippen LogP contribution in [0.3, 0.4) is 0 Å². The molecule has 0 aliphatic carbocycles. The number of rotatable bonds is 4. The summed E-state index contributed by atoms with van der Waals surface area (Å²) in [5, 5.41) is 0.313. The number of hydrogen-bond acceptors (Lipinski definition) is 3. The lowest BCUT2D eigenvalue weighted by atomic mass is 10.2. The van der Waals surface area contributed by atoms with Crippen molar-refractivity contribution in [1.29, 1.82) is 0 Å². The lowest BCUT2D eigenvalue weighted by Crippen LogP contribution is -2.38. The van der Waals surface area contributed by atoms with Crippen molar-refractivity contribution in [1.82, 2.24) is 0 Å². The van der Waals surface area contributed by atoms with Gasteiger partial charge in [0, 0.05) is 10.3 Å². The minimum absolute atomic E-state index is 0.0797. The molecule has 0 bridgehead atoms. The van der Waals surface area contributed by atoms with E-state index in [-0.39, 0.29) is 21.1 Å². The predicted molar refractivity (Wildman–Crippen MR) is 135 cm³/mol. The summed E-state index contributed by atoms with van der Waals surface area (Å²) < 4.78 is 27.9. The molecule has 3 rings (SSSR count). The third-order valence-electron chi connectivity index (χ3n) is 5.92. The van der Waals surface area contributed by atoms with E-state index in [1.165, 1.54) is 0 Å². The highest BCUT2D eigenvalue weighted by atomic mass is 31.2. The second-order valence-electron chi connectivity index (χ2n) is 11.4. The van der Waals surface area contributed by atoms with E-state index >= 15 is 0 Å². The van der Waals surface area contributed by atoms with E-state index in [4.69, 9.17) is 9.47 Å². The number of hydrogen-bond donors (Lipinski definition) is 0. The van der Waals surface area contributed by atoms with Crippen LogP contribution in [0.25, 0.3) is 0 Å². The van der Waals surface area contributed by atoms with Gasteiger partial charge in [-0.05, 0) is 30.8 Å². The Bertz CT molecular complexity index is 945. The molecule has 0 N–H and O–H groups in total. The lowest BCUT2D eigenvalue weighted by Gasteiger charge is -2.47. The monoisotopic (exact) mass is 460 g/mol. The van der Waals surface area contributed by atoms with Gasteiger partial charge in [-0.25, -0.2) is 0 Å². The molecule has 0 unspecified atom stereocenters. The molecule has 3 nitrogen and oxygen atoms in total. The van der Waals surface area contributed by atoms with E-state index in [2.05, 4.69) is 74.4 Å². The lowest BCUT2D eigenvalue weighted by molar-refractivity contribution is 0.306. The van der Waals surface area contributed by atoms with Crippen molar-refractivity contribution in [3.8, 4) is 11.5 Å². The summed E-state index contributed by atoms with van der Waals surface area (Å²) in [6, 6.07) is 16.2. The minimum atomic E-state index is -2.82. The van der Waals surface area contributed by atoms with Gasteiger partial charge in [0.15, 0.2) is 5.59 Å². The Hall–Kier alpha value is -1.30. The average Bonchev–Trinajstić information content (AvgIpc) is 3.05. The Morgan fingerprint density at radius 1 is 0.871 bits per heavy atom. The molecule has 0 aromatic heterocycles. The Balaban J connectivity index is 2.10. The molecule has 0 spiro atoms. The standard InChI is InChI=1S/C26H38O3P2/c1-24(2,3)30-22-20(28-18-19-14-11-10-12-15-19)16-13-17-21(22)29-23(30)31(27,25(4,5)6)26(7,8)9/h10-17,23H,18H2,1-9H3/t23-,30-/m0/s1. The Kier molecular flexibility index (Phi) is 6.47. The fourth-order valence-electron chi connectivity index (χ4n) is 4.54. The molecule has 1 aliphatic rings. The fraction of sp³-hybridized carbons (Fsp3) is 0.538. The molecule has 170 valence electrons. The van der Waals surface area contributed by atoms with Crippen LogP contribution in [0.2, 0.25) is 0 Å². The van der Waals surface area contributed by atoms with Gasteiger partial charge in [-0.3, -0.25) is 0 Å². The second-order valence-corrected chi connectivity index (χ2v) is 19.2. The maximum absolute atomic E-state index is 14.9. The molecule has 2 aromatic carbocycles. The summed E-state index contributed by atoms with van der Waals surface area (Å²) in [5.41, 5.74) is 0.810. The van der Waals surface area contributed by atoms with Crippen LogP contribution in [0.1, 0.15) is 67.9 Å². The van der Waals surface area contributed by atoms with Crippen molar-refractivity contribution in [2.24, 2.45) is 0 Å². The van der Waals surface area contributed by atoms with E-state index in [9.17, 15) is 4.57 Å². The zero-order valence-corrected chi connectivity index (χ0v) is 22.3. The summed E-state index contributed by atoms with van der Waals surface area (Å²) in [7, 11) is -3.71. The molecule has 0 amide bonds. The van der Waals surface area contributed by atoms with Gasteiger partial charge >= 0.3 is 0 Å². The van der Waals surface area contributed by atoms with E-state index in [0.29, 0.717) is 6.61 Å². The highest BCUT2D eigenvalue weighted by Crippen LogP contribution is 2.80. The van der Waals surface area contributed by atoms with Gasteiger partial charge in [0.25, 0.3) is 0 Å². The third-order valence-corrected chi connectivity index (χ3v) is 15.2. The topological polar surface area (TPSA) is 35.5 Å². The molecule has 0 saturated heterocycles. The molecule has 1 aliphatic heterocycles. The molecule has 0 saturated carbocycles. The average molecular weight is 461 g/mol. The summed E-state index contributed by atoms with van der Waals surface area (Å²) in [5.74, 6) is 1.70. The summed E-state index contributed by atoms with van der Waals surface area (Å²) in [4.78, 5) is 0. The van der Waals surface area contributed by atoms with Crippen LogP contribution in [0, 0.1) is 0 Å². The van der Waals surface area contributed by atoms with E-state index in [0.717, 1.165) is 22.4 Å². The van der Waals surface area contributed by atoms with Gasteiger partial charge in [0.05, 0.1) is 5.30 Å². The normalized spacial score (nSPS) is 19.6. The van der Waals surface area contributed by atoms with E-state index in [1.807, 2.05) is 36.4 Å². The quantitative estimate of drug-likeness (QED) is 0.437. The molecule has 2 atom stereocenters. The highest BCUT2D eigenvalue weighted by Gasteiger charge is 2.60. The molecular weight excluding hydrogens is 422 g/mol. The first-order valence-corrected chi connectivity index (χ1v) is 14.2. The molecular formula is C26H38O3P2. The zero-order chi connectivity index (χ0) is 23.2.